The monoisotopic (exact) mass is 366 g/mol. The van der Waals surface area contributed by atoms with Gasteiger partial charge in [0.2, 0.25) is 0 Å². The molecule has 1 amide bonds. The quantitative estimate of drug-likeness (QED) is 0.672. The Kier molecular flexibility index (Phi) is 5.36. The van der Waals surface area contributed by atoms with E-state index in [1.54, 1.807) is 36.4 Å². The van der Waals surface area contributed by atoms with Crippen LogP contribution in [-0.2, 0) is 4.74 Å². The highest BCUT2D eigenvalue weighted by molar-refractivity contribution is 6.07. The number of rotatable bonds is 5. The number of carbonyl (C=O) groups excluding carboxylic acids is 2. The molecule has 0 aliphatic carbocycles. The van der Waals surface area contributed by atoms with Crippen LogP contribution in [0.5, 0.6) is 0 Å². The number of halogens is 1. The average Bonchev–Trinajstić information content (AvgIpc) is 2.70. The van der Waals surface area contributed by atoms with Crippen molar-refractivity contribution in [3.05, 3.63) is 78.0 Å². The largest absolute Gasteiger partial charge is 0.465 e. The number of para-hydroxylation sites is 2. The molecule has 0 bridgehead atoms. The van der Waals surface area contributed by atoms with Crippen molar-refractivity contribution >= 4 is 29.1 Å². The first-order valence-corrected chi connectivity index (χ1v) is 7.91. The third kappa shape index (κ3) is 4.24. The minimum absolute atomic E-state index is 0.0449. The van der Waals surface area contributed by atoms with E-state index >= 15 is 0 Å². The number of esters is 1. The van der Waals surface area contributed by atoms with Crippen molar-refractivity contribution in [1.82, 2.24) is 9.97 Å². The predicted octanol–water partition coefficient (Wildman–Crippen LogP) is 3.40. The molecule has 1 aromatic heterocycles. The molecule has 0 spiro atoms. The van der Waals surface area contributed by atoms with Crippen molar-refractivity contribution in [2.45, 2.75) is 0 Å². The molecule has 7 nitrogen and oxygen atoms in total. The zero-order valence-electron chi connectivity index (χ0n) is 14.3. The molecule has 8 heteroatoms. The second-order valence-electron chi connectivity index (χ2n) is 5.38. The van der Waals surface area contributed by atoms with Crippen molar-refractivity contribution in [3.8, 4) is 0 Å². The molecule has 3 rings (SSSR count). The van der Waals surface area contributed by atoms with Gasteiger partial charge in [-0.2, -0.15) is 0 Å². The van der Waals surface area contributed by atoms with E-state index in [4.69, 9.17) is 4.74 Å². The minimum atomic E-state index is -0.574. The number of nitrogens with one attached hydrogen (secondary N) is 2. The van der Waals surface area contributed by atoms with Gasteiger partial charge in [0.15, 0.2) is 0 Å². The summed E-state index contributed by atoms with van der Waals surface area (Å²) in [6.45, 7) is 0. The third-order valence-corrected chi connectivity index (χ3v) is 3.62. The summed E-state index contributed by atoms with van der Waals surface area (Å²) in [4.78, 5) is 32.2. The molecule has 0 fully saturated rings. The lowest BCUT2D eigenvalue weighted by atomic mass is 10.1. The van der Waals surface area contributed by atoms with E-state index in [-0.39, 0.29) is 28.5 Å². The first kappa shape index (κ1) is 18.0. The summed E-state index contributed by atoms with van der Waals surface area (Å²) < 4.78 is 18.4. The molecular weight excluding hydrogens is 351 g/mol. The maximum absolute atomic E-state index is 13.7. The van der Waals surface area contributed by atoms with Crippen molar-refractivity contribution in [3.63, 3.8) is 0 Å². The Morgan fingerprint density at radius 2 is 1.70 bits per heavy atom. The molecule has 0 saturated carbocycles. The molecule has 1 heterocycles. The van der Waals surface area contributed by atoms with Crippen LogP contribution in [0.4, 0.5) is 21.6 Å². The predicted molar refractivity (Wildman–Crippen MR) is 97.4 cm³/mol. The van der Waals surface area contributed by atoms with Gasteiger partial charge in [-0.15, -0.1) is 0 Å². The van der Waals surface area contributed by atoms with E-state index in [0.29, 0.717) is 0 Å². The zero-order chi connectivity index (χ0) is 19.2. The van der Waals surface area contributed by atoms with Gasteiger partial charge in [-0.05, 0) is 24.3 Å². The van der Waals surface area contributed by atoms with Gasteiger partial charge in [0, 0.05) is 6.07 Å². The van der Waals surface area contributed by atoms with Crippen LogP contribution in [-0.4, -0.2) is 29.0 Å². The third-order valence-electron chi connectivity index (χ3n) is 3.62. The van der Waals surface area contributed by atoms with E-state index in [2.05, 4.69) is 20.6 Å². The lowest BCUT2D eigenvalue weighted by Gasteiger charge is -2.10. The molecule has 27 heavy (non-hydrogen) atoms. The molecule has 0 unspecified atom stereocenters. The standard InChI is InChI=1S/C19H15FN4O3/c1-27-19(26)12-6-2-4-8-14(12)24-18(25)16-10-17(22-11-21-16)23-15-9-5-3-7-13(15)20/h2-11H,1H3,(H,24,25)(H,21,22,23). The molecule has 0 atom stereocenters. The normalized spacial score (nSPS) is 10.1. The summed E-state index contributed by atoms with van der Waals surface area (Å²) in [5.41, 5.74) is 0.769. The fraction of sp³-hybridized carbons (Fsp3) is 0.0526. The molecule has 0 saturated heterocycles. The highest BCUT2D eigenvalue weighted by atomic mass is 19.1. The minimum Gasteiger partial charge on any atom is -0.465 e. The van der Waals surface area contributed by atoms with Gasteiger partial charge in [0.05, 0.1) is 24.0 Å². The number of hydrogen-bond donors (Lipinski definition) is 2. The summed E-state index contributed by atoms with van der Waals surface area (Å²) in [6.07, 6.45) is 1.18. The average molecular weight is 366 g/mol. The van der Waals surface area contributed by atoms with Gasteiger partial charge in [0.25, 0.3) is 5.91 Å². The van der Waals surface area contributed by atoms with E-state index in [0.717, 1.165) is 0 Å². The zero-order valence-corrected chi connectivity index (χ0v) is 14.3. The fourth-order valence-corrected chi connectivity index (χ4v) is 2.32. The van der Waals surface area contributed by atoms with Crippen LogP contribution in [0.15, 0.2) is 60.9 Å². The Bertz CT molecular complexity index is 994. The summed E-state index contributed by atoms with van der Waals surface area (Å²) in [5, 5.41) is 5.40. The summed E-state index contributed by atoms with van der Waals surface area (Å²) in [5.74, 6) is -1.32. The van der Waals surface area contributed by atoms with Crippen molar-refractivity contribution < 1.29 is 18.7 Å². The lowest BCUT2D eigenvalue weighted by Crippen LogP contribution is -2.17. The number of carbonyl (C=O) groups is 2. The number of amides is 1. The molecular formula is C19H15FN4O3. The second kappa shape index (κ2) is 8.05. The molecule has 0 aliphatic heterocycles. The molecule has 3 aromatic rings. The van der Waals surface area contributed by atoms with Crippen LogP contribution in [0, 0.1) is 5.82 Å². The number of nitrogens with zero attached hydrogens (tertiary/aromatic N) is 2. The lowest BCUT2D eigenvalue weighted by molar-refractivity contribution is 0.0602. The highest BCUT2D eigenvalue weighted by Gasteiger charge is 2.15. The van der Waals surface area contributed by atoms with Crippen LogP contribution in [0.3, 0.4) is 0 Å². The smallest absolute Gasteiger partial charge is 0.339 e. The first-order chi connectivity index (χ1) is 13.1. The van der Waals surface area contributed by atoms with E-state index in [9.17, 15) is 14.0 Å². The van der Waals surface area contributed by atoms with E-state index in [1.807, 2.05) is 0 Å². The maximum Gasteiger partial charge on any atom is 0.339 e. The van der Waals surface area contributed by atoms with Crippen LogP contribution in [0.2, 0.25) is 0 Å². The molecule has 0 radical (unpaired) electrons. The van der Waals surface area contributed by atoms with Crippen LogP contribution < -0.4 is 10.6 Å². The van der Waals surface area contributed by atoms with Gasteiger partial charge in [0.1, 0.15) is 23.7 Å². The number of anilines is 3. The van der Waals surface area contributed by atoms with Crippen LogP contribution >= 0.6 is 0 Å². The Morgan fingerprint density at radius 3 is 2.44 bits per heavy atom. The SMILES string of the molecule is COC(=O)c1ccccc1NC(=O)c1cc(Nc2ccccc2F)ncn1. The maximum atomic E-state index is 13.7. The molecule has 0 aliphatic rings. The molecule has 136 valence electrons. The fourth-order valence-electron chi connectivity index (χ4n) is 2.32. The van der Waals surface area contributed by atoms with E-state index < -0.39 is 17.7 Å². The topological polar surface area (TPSA) is 93.2 Å². The van der Waals surface area contributed by atoms with Crippen molar-refractivity contribution in [2.75, 3.05) is 17.7 Å². The second-order valence-corrected chi connectivity index (χ2v) is 5.38. The van der Waals surface area contributed by atoms with Gasteiger partial charge < -0.3 is 15.4 Å². The van der Waals surface area contributed by atoms with Gasteiger partial charge in [-0.3, -0.25) is 4.79 Å². The first-order valence-electron chi connectivity index (χ1n) is 7.91. The van der Waals surface area contributed by atoms with Crippen LogP contribution in [0.25, 0.3) is 0 Å². The van der Waals surface area contributed by atoms with Crippen LogP contribution in [0.1, 0.15) is 20.8 Å². The van der Waals surface area contributed by atoms with Gasteiger partial charge >= 0.3 is 5.97 Å². The molecule has 2 N–H and O–H groups in total. The Labute approximate surface area is 154 Å². The van der Waals surface area contributed by atoms with Gasteiger partial charge in [-0.25, -0.2) is 19.2 Å². The summed E-state index contributed by atoms with van der Waals surface area (Å²) in [6, 6.07) is 13.9. The number of methoxy groups -OCH3 is 1. The Morgan fingerprint density at radius 1 is 1.00 bits per heavy atom. The van der Waals surface area contributed by atoms with Gasteiger partial charge in [-0.1, -0.05) is 24.3 Å². The van der Waals surface area contributed by atoms with Crippen molar-refractivity contribution in [2.24, 2.45) is 0 Å². The highest BCUT2D eigenvalue weighted by Crippen LogP contribution is 2.19. The molecule has 2 aromatic carbocycles. The number of ether oxygens (including phenoxy) is 1. The van der Waals surface area contributed by atoms with E-state index in [1.165, 1.54) is 31.6 Å². The summed E-state index contributed by atoms with van der Waals surface area (Å²) >= 11 is 0. The Hall–Kier alpha value is -3.81. The summed E-state index contributed by atoms with van der Waals surface area (Å²) in [7, 11) is 1.26. The number of aromatic nitrogens is 2. The number of benzene rings is 2. The Balaban J connectivity index is 1.81. The van der Waals surface area contributed by atoms with Crippen molar-refractivity contribution in [1.29, 1.82) is 0 Å². The number of hydrogen-bond acceptors (Lipinski definition) is 6.